The van der Waals surface area contributed by atoms with Crippen LogP contribution in [-0.4, -0.2) is 34.3 Å². The molecule has 0 unspecified atom stereocenters. The highest BCUT2D eigenvalue weighted by Gasteiger charge is 2.35. The van der Waals surface area contributed by atoms with Gasteiger partial charge in [0.05, 0.1) is 16.6 Å². The number of thioether (sulfide) groups is 1. The monoisotopic (exact) mass is 527 g/mol. The lowest BCUT2D eigenvalue weighted by Gasteiger charge is -2.14. The molecule has 6 nitrogen and oxygen atoms in total. The number of imide groups is 1. The van der Waals surface area contributed by atoms with Gasteiger partial charge in [0.15, 0.2) is 0 Å². The number of fused-ring (bicyclic) bond motifs is 5. The van der Waals surface area contributed by atoms with Gasteiger partial charge in [-0.05, 0) is 54.3 Å². The van der Waals surface area contributed by atoms with Gasteiger partial charge in [0.2, 0.25) is 0 Å². The lowest BCUT2D eigenvalue weighted by molar-refractivity contribution is 0.0880. The quantitative estimate of drug-likeness (QED) is 0.172. The Morgan fingerprint density at radius 1 is 0.919 bits per heavy atom. The van der Waals surface area contributed by atoms with Crippen LogP contribution >= 0.6 is 23.4 Å². The van der Waals surface area contributed by atoms with Crippen LogP contribution in [0.3, 0.4) is 0 Å². The summed E-state index contributed by atoms with van der Waals surface area (Å²) in [4.78, 5) is 27.3. The van der Waals surface area contributed by atoms with E-state index in [1.54, 1.807) is 30.0 Å². The maximum atomic E-state index is 13.1. The Labute approximate surface area is 222 Å². The minimum Gasteiger partial charge on any atom is -0.508 e. The van der Waals surface area contributed by atoms with E-state index in [-0.39, 0.29) is 5.75 Å². The number of aromatic nitrogens is 1. The summed E-state index contributed by atoms with van der Waals surface area (Å²) in [5, 5.41) is 18.1. The van der Waals surface area contributed by atoms with Gasteiger partial charge in [-0.15, -0.1) is 11.8 Å². The second kappa shape index (κ2) is 9.18. The molecule has 3 N–H and O–H groups in total. The molecule has 0 saturated heterocycles. The highest BCUT2D eigenvalue weighted by Crippen LogP contribution is 2.42. The van der Waals surface area contributed by atoms with Crippen LogP contribution in [0.1, 0.15) is 20.7 Å². The smallest absolute Gasteiger partial charge is 0.259 e. The molecule has 1 aliphatic rings. The van der Waals surface area contributed by atoms with Crippen molar-refractivity contribution in [1.29, 1.82) is 0 Å². The maximum absolute atomic E-state index is 13.1. The summed E-state index contributed by atoms with van der Waals surface area (Å²) in [5.74, 6) is -0.811. The fourth-order valence-electron chi connectivity index (χ4n) is 5.16. The zero-order chi connectivity index (χ0) is 25.7. The Morgan fingerprint density at radius 3 is 2.49 bits per heavy atom. The largest absolute Gasteiger partial charge is 0.508 e. The fraction of sp³-hybridized carbons (Fsp3) is 0.103. The summed E-state index contributed by atoms with van der Waals surface area (Å²) in [7, 11) is 0. The van der Waals surface area contributed by atoms with E-state index in [2.05, 4.69) is 21.3 Å². The number of hydrogen-bond acceptors (Lipinski definition) is 5. The lowest BCUT2D eigenvalue weighted by atomic mass is 9.93. The molecule has 0 radical (unpaired) electrons. The first-order valence-corrected chi connectivity index (χ1v) is 13.4. The number of phenolic OH excluding ortho intramolecular Hbond substituents is 1. The van der Waals surface area contributed by atoms with Crippen LogP contribution in [0.5, 0.6) is 5.75 Å². The molecule has 1 aromatic heterocycles. The molecular formula is C29H22ClN3O3S. The third-order valence-electron chi connectivity index (χ3n) is 6.74. The molecule has 2 heterocycles. The highest BCUT2D eigenvalue weighted by molar-refractivity contribution is 7.98. The van der Waals surface area contributed by atoms with Gasteiger partial charge in [-0.1, -0.05) is 41.9 Å². The molecule has 0 bridgehead atoms. The van der Waals surface area contributed by atoms with E-state index in [0.29, 0.717) is 51.1 Å². The van der Waals surface area contributed by atoms with Crippen LogP contribution in [0.2, 0.25) is 5.02 Å². The Morgan fingerprint density at radius 2 is 1.68 bits per heavy atom. The molecule has 0 aliphatic carbocycles. The Kier molecular flexibility index (Phi) is 5.82. The Hall–Kier alpha value is -3.94. The number of amides is 2. The van der Waals surface area contributed by atoms with Crippen molar-refractivity contribution in [3.05, 3.63) is 88.9 Å². The standard InChI is InChI=1S/C29H22ClN3O3S/c1-37-24-9-5-4-8-21(24)31-12-13-33-22-11-10-16(34)14-19(22)25-23(33)15-18(17-6-2-3-7-20(17)30)26-27(25)29(36)32-28(26)35/h2-11,14-15,31,34H,12-13H2,1H3,(H,32,35,36). The number of phenols is 1. The van der Waals surface area contributed by atoms with Crippen LogP contribution in [0.15, 0.2) is 77.7 Å². The summed E-state index contributed by atoms with van der Waals surface area (Å²) in [6.45, 7) is 1.21. The van der Waals surface area contributed by atoms with Crippen molar-refractivity contribution < 1.29 is 14.7 Å². The average molecular weight is 528 g/mol. The maximum Gasteiger partial charge on any atom is 0.259 e. The third-order valence-corrected chi connectivity index (χ3v) is 7.87. The van der Waals surface area contributed by atoms with Gasteiger partial charge < -0.3 is 15.0 Å². The topological polar surface area (TPSA) is 83.4 Å². The number of carbonyl (C=O) groups excluding carboxylic acids is 2. The predicted molar refractivity (Wildman–Crippen MR) is 150 cm³/mol. The van der Waals surface area contributed by atoms with E-state index in [9.17, 15) is 14.7 Å². The van der Waals surface area contributed by atoms with Crippen molar-refractivity contribution in [3.63, 3.8) is 0 Å². The number of rotatable bonds is 6. The summed E-state index contributed by atoms with van der Waals surface area (Å²) >= 11 is 8.23. The van der Waals surface area contributed by atoms with Crippen LogP contribution in [0.25, 0.3) is 32.9 Å². The minimum atomic E-state index is -0.451. The van der Waals surface area contributed by atoms with E-state index < -0.39 is 11.8 Å². The molecule has 1 aliphatic heterocycles. The number of halogens is 1. The van der Waals surface area contributed by atoms with E-state index in [0.717, 1.165) is 21.6 Å². The summed E-state index contributed by atoms with van der Waals surface area (Å²) in [6, 6.07) is 22.5. The van der Waals surface area contributed by atoms with E-state index >= 15 is 0 Å². The first-order chi connectivity index (χ1) is 18.0. The van der Waals surface area contributed by atoms with E-state index in [4.69, 9.17) is 11.6 Å². The van der Waals surface area contributed by atoms with Gasteiger partial charge in [0.25, 0.3) is 11.8 Å². The average Bonchev–Trinajstić information content (AvgIpc) is 3.37. The number of hydrogen-bond donors (Lipinski definition) is 3. The normalized spacial score (nSPS) is 12.8. The number of anilines is 1. The number of nitrogens with one attached hydrogen (secondary N) is 2. The molecule has 37 heavy (non-hydrogen) atoms. The van der Waals surface area contributed by atoms with Crippen LogP contribution in [-0.2, 0) is 6.54 Å². The SMILES string of the molecule is CSc1ccccc1NCCn1c2ccc(O)cc2c2c3c(c(-c4ccccc4Cl)cc21)C(=O)NC3=O. The van der Waals surface area contributed by atoms with Crippen LogP contribution < -0.4 is 10.6 Å². The number of nitrogens with zero attached hydrogens (tertiary/aromatic N) is 1. The number of benzene rings is 4. The zero-order valence-electron chi connectivity index (χ0n) is 19.8. The molecule has 0 saturated carbocycles. The molecule has 0 atom stereocenters. The molecular weight excluding hydrogens is 506 g/mol. The second-order valence-corrected chi connectivity index (χ2v) is 10.1. The van der Waals surface area contributed by atoms with E-state index in [1.165, 1.54) is 0 Å². The first kappa shape index (κ1) is 23.5. The fourth-order valence-corrected chi connectivity index (χ4v) is 5.97. The number of aromatic hydroxyl groups is 1. The Balaban J connectivity index is 1.58. The van der Waals surface area contributed by atoms with Gasteiger partial charge >= 0.3 is 0 Å². The summed E-state index contributed by atoms with van der Waals surface area (Å²) in [5.41, 5.74) is 4.60. The van der Waals surface area contributed by atoms with Gasteiger partial charge in [0, 0.05) is 50.5 Å². The highest BCUT2D eigenvalue weighted by atomic mass is 35.5. The van der Waals surface area contributed by atoms with Crippen LogP contribution in [0, 0.1) is 0 Å². The van der Waals surface area contributed by atoms with Crippen molar-refractivity contribution in [2.24, 2.45) is 0 Å². The van der Waals surface area contributed by atoms with E-state index in [1.807, 2.05) is 54.8 Å². The van der Waals surface area contributed by atoms with Crippen molar-refractivity contribution >= 4 is 62.7 Å². The van der Waals surface area contributed by atoms with Gasteiger partial charge in [-0.2, -0.15) is 0 Å². The van der Waals surface area contributed by atoms with Gasteiger partial charge in [0.1, 0.15) is 5.75 Å². The number of carbonyl (C=O) groups is 2. The minimum absolute atomic E-state index is 0.0900. The van der Waals surface area contributed by atoms with Gasteiger partial charge in [-0.3, -0.25) is 14.9 Å². The summed E-state index contributed by atoms with van der Waals surface area (Å²) < 4.78 is 2.12. The molecule has 8 heteroatoms. The predicted octanol–water partition coefficient (Wildman–Crippen LogP) is 6.54. The Bertz CT molecular complexity index is 1740. The molecule has 2 amide bonds. The van der Waals surface area contributed by atoms with Crippen LogP contribution in [0.4, 0.5) is 5.69 Å². The molecule has 4 aromatic carbocycles. The molecule has 5 aromatic rings. The molecule has 184 valence electrons. The molecule has 0 spiro atoms. The van der Waals surface area contributed by atoms with Crippen molar-refractivity contribution in [2.75, 3.05) is 18.1 Å². The van der Waals surface area contributed by atoms with Crippen molar-refractivity contribution in [3.8, 4) is 16.9 Å². The van der Waals surface area contributed by atoms with Crippen molar-refractivity contribution in [2.45, 2.75) is 11.4 Å². The molecule has 6 rings (SSSR count). The lowest BCUT2D eigenvalue weighted by Crippen LogP contribution is -2.20. The first-order valence-electron chi connectivity index (χ1n) is 11.8. The zero-order valence-corrected chi connectivity index (χ0v) is 21.4. The second-order valence-electron chi connectivity index (χ2n) is 8.81. The molecule has 0 fully saturated rings. The third kappa shape index (κ3) is 3.82. The van der Waals surface area contributed by atoms with Gasteiger partial charge in [-0.25, -0.2) is 0 Å². The summed E-state index contributed by atoms with van der Waals surface area (Å²) in [6.07, 6.45) is 2.04. The van der Waals surface area contributed by atoms with Crippen molar-refractivity contribution in [1.82, 2.24) is 9.88 Å². The number of para-hydroxylation sites is 1.